The highest BCUT2D eigenvalue weighted by atomic mass is 35.5. The van der Waals surface area contributed by atoms with Crippen molar-refractivity contribution < 1.29 is 9.59 Å². The maximum Gasteiger partial charge on any atom is 0.281 e. The molecule has 0 aliphatic heterocycles. The molecule has 1 N–H and O–H groups in total. The van der Waals surface area contributed by atoms with Gasteiger partial charge < -0.3 is 14.8 Å². The maximum absolute atomic E-state index is 12.6. The van der Waals surface area contributed by atoms with Crippen molar-refractivity contribution in [3.63, 3.8) is 0 Å². The van der Waals surface area contributed by atoms with E-state index in [0.717, 1.165) is 17.8 Å². The second kappa shape index (κ2) is 10.5. The number of nitrogens with one attached hydrogen (secondary N) is 1. The van der Waals surface area contributed by atoms with Gasteiger partial charge in [0.05, 0.1) is 17.1 Å². The molecule has 0 bridgehead atoms. The first-order valence-electron chi connectivity index (χ1n) is 9.85. The van der Waals surface area contributed by atoms with Crippen LogP contribution in [0, 0.1) is 6.92 Å². The number of aryl methyl sites for hydroxylation is 1. The minimum Gasteiger partial charge on any atom is -0.351 e. The van der Waals surface area contributed by atoms with Gasteiger partial charge in [-0.1, -0.05) is 35.9 Å². The zero-order valence-electron chi connectivity index (χ0n) is 17.8. The molecule has 0 saturated heterocycles. The van der Waals surface area contributed by atoms with Gasteiger partial charge in [-0.25, -0.2) is 0 Å². The largest absolute Gasteiger partial charge is 0.351 e. The molecule has 162 valence electrons. The van der Waals surface area contributed by atoms with Crippen molar-refractivity contribution in [3.05, 3.63) is 86.1 Å². The number of hydrogen-bond acceptors (Lipinski definition) is 4. The number of carbonyl (C=O) groups is 2. The van der Waals surface area contributed by atoms with Crippen LogP contribution in [-0.2, 0) is 6.54 Å². The summed E-state index contributed by atoms with van der Waals surface area (Å²) in [6, 6.07) is 14.4. The van der Waals surface area contributed by atoms with Crippen molar-refractivity contribution in [1.82, 2.24) is 14.8 Å². The topological polar surface area (TPSA) is 66.7 Å². The van der Waals surface area contributed by atoms with Gasteiger partial charge in [-0.15, -0.1) is 11.3 Å². The molecule has 3 rings (SSSR count). The predicted octanol–water partition coefficient (Wildman–Crippen LogP) is 3.59. The lowest BCUT2D eigenvalue weighted by atomic mass is 10.1. The zero-order chi connectivity index (χ0) is 22.4. The second-order valence-electron chi connectivity index (χ2n) is 7.40. The Morgan fingerprint density at radius 1 is 1.13 bits per heavy atom. The summed E-state index contributed by atoms with van der Waals surface area (Å²) >= 11 is 7.54. The van der Waals surface area contributed by atoms with Crippen LogP contribution in [0.1, 0.15) is 32.0 Å². The molecule has 6 nitrogen and oxygen atoms in total. The van der Waals surface area contributed by atoms with E-state index in [4.69, 9.17) is 11.6 Å². The summed E-state index contributed by atoms with van der Waals surface area (Å²) in [5.74, 6) is -0.459. The molecule has 1 aromatic heterocycles. The lowest BCUT2D eigenvalue weighted by Crippen LogP contribution is -2.31. The highest BCUT2D eigenvalue weighted by molar-refractivity contribution is 7.07. The molecule has 0 aliphatic rings. The highest BCUT2D eigenvalue weighted by Gasteiger charge is 2.11. The van der Waals surface area contributed by atoms with Crippen LogP contribution in [0.25, 0.3) is 0 Å². The minimum atomic E-state index is -0.369. The monoisotopic (exact) mass is 456 g/mol. The Morgan fingerprint density at radius 3 is 2.52 bits per heavy atom. The average Bonchev–Trinajstić information content (AvgIpc) is 3.07. The predicted molar refractivity (Wildman–Crippen MR) is 125 cm³/mol. The SMILES string of the molecule is Cc1csc(=NC(=O)c2ccccc2Cl)n1Cc1ccc(C(=O)NCCN(C)C)cc1. The van der Waals surface area contributed by atoms with E-state index in [0.29, 0.717) is 34.0 Å². The van der Waals surface area contributed by atoms with Crippen LogP contribution in [-0.4, -0.2) is 48.5 Å². The third kappa shape index (κ3) is 6.13. The van der Waals surface area contributed by atoms with Gasteiger partial charge in [-0.05, 0) is 50.8 Å². The number of amides is 2. The van der Waals surface area contributed by atoms with E-state index in [1.54, 1.807) is 24.3 Å². The van der Waals surface area contributed by atoms with Gasteiger partial charge in [0, 0.05) is 29.7 Å². The van der Waals surface area contributed by atoms with Gasteiger partial charge in [0.15, 0.2) is 4.80 Å². The molecule has 8 heteroatoms. The summed E-state index contributed by atoms with van der Waals surface area (Å²) in [5.41, 5.74) is 3.01. The Morgan fingerprint density at radius 2 is 1.84 bits per heavy atom. The average molecular weight is 457 g/mol. The normalized spacial score (nSPS) is 11.7. The Hall–Kier alpha value is -2.74. The van der Waals surface area contributed by atoms with Gasteiger partial charge in [0.1, 0.15) is 0 Å². The Kier molecular flexibility index (Phi) is 7.79. The first-order chi connectivity index (χ1) is 14.8. The lowest BCUT2D eigenvalue weighted by molar-refractivity contribution is 0.0949. The van der Waals surface area contributed by atoms with Gasteiger partial charge in [0.2, 0.25) is 0 Å². The Balaban J connectivity index is 1.75. The van der Waals surface area contributed by atoms with Crippen molar-refractivity contribution in [2.45, 2.75) is 13.5 Å². The van der Waals surface area contributed by atoms with Crippen LogP contribution in [0.4, 0.5) is 0 Å². The Labute approximate surface area is 190 Å². The molecule has 2 aromatic carbocycles. The standard InChI is InChI=1S/C23H25ClN4O2S/c1-16-15-31-23(26-22(30)19-6-4-5-7-20(19)24)28(16)14-17-8-10-18(11-9-17)21(29)25-12-13-27(2)3/h4-11,15H,12-14H2,1-3H3,(H,25,29). The summed E-state index contributed by atoms with van der Waals surface area (Å²) in [4.78, 5) is 31.8. The first kappa shape index (κ1) is 22.9. The van der Waals surface area contributed by atoms with E-state index >= 15 is 0 Å². The van der Waals surface area contributed by atoms with Crippen LogP contribution < -0.4 is 10.1 Å². The van der Waals surface area contributed by atoms with Crippen molar-refractivity contribution in [3.8, 4) is 0 Å². The molecule has 0 fully saturated rings. The first-order valence-corrected chi connectivity index (χ1v) is 11.1. The van der Waals surface area contributed by atoms with E-state index in [1.807, 2.05) is 60.1 Å². The summed E-state index contributed by atoms with van der Waals surface area (Å²) in [6.45, 7) is 3.91. The highest BCUT2D eigenvalue weighted by Crippen LogP contribution is 2.16. The number of hydrogen-bond donors (Lipinski definition) is 1. The number of nitrogens with zero attached hydrogens (tertiary/aromatic N) is 3. The molecular weight excluding hydrogens is 432 g/mol. The molecule has 0 unspecified atom stereocenters. The maximum atomic E-state index is 12.6. The molecular formula is C23H25ClN4O2S. The molecule has 0 radical (unpaired) electrons. The minimum absolute atomic E-state index is 0.0891. The van der Waals surface area contributed by atoms with Crippen molar-refractivity contribution in [1.29, 1.82) is 0 Å². The van der Waals surface area contributed by atoms with E-state index < -0.39 is 0 Å². The van der Waals surface area contributed by atoms with Crippen LogP contribution in [0.2, 0.25) is 5.02 Å². The lowest BCUT2D eigenvalue weighted by Gasteiger charge is -2.11. The molecule has 3 aromatic rings. The van der Waals surface area contributed by atoms with Gasteiger partial charge in [0.25, 0.3) is 11.8 Å². The fraction of sp³-hybridized carbons (Fsp3) is 0.261. The van der Waals surface area contributed by atoms with Crippen molar-refractivity contribution in [2.75, 3.05) is 27.2 Å². The Bertz CT molecular complexity index is 1130. The second-order valence-corrected chi connectivity index (χ2v) is 8.64. The van der Waals surface area contributed by atoms with Gasteiger partial charge in [-0.2, -0.15) is 4.99 Å². The van der Waals surface area contributed by atoms with Crippen LogP contribution in [0.3, 0.4) is 0 Å². The number of thiazole rings is 1. The van der Waals surface area contributed by atoms with E-state index in [-0.39, 0.29) is 11.8 Å². The molecule has 0 saturated carbocycles. The van der Waals surface area contributed by atoms with Crippen molar-refractivity contribution >= 4 is 34.8 Å². The van der Waals surface area contributed by atoms with E-state index in [9.17, 15) is 9.59 Å². The number of carbonyl (C=O) groups excluding carboxylic acids is 2. The summed E-state index contributed by atoms with van der Waals surface area (Å²) in [6.07, 6.45) is 0. The molecule has 0 spiro atoms. The number of rotatable bonds is 7. The van der Waals surface area contributed by atoms with E-state index in [2.05, 4.69) is 10.3 Å². The van der Waals surface area contributed by atoms with Gasteiger partial charge >= 0.3 is 0 Å². The molecule has 2 amide bonds. The number of benzene rings is 2. The third-order valence-electron chi connectivity index (χ3n) is 4.69. The van der Waals surface area contributed by atoms with Crippen LogP contribution in [0.5, 0.6) is 0 Å². The van der Waals surface area contributed by atoms with Crippen molar-refractivity contribution in [2.24, 2.45) is 4.99 Å². The fourth-order valence-electron chi connectivity index (χ4n) is 2.92. The smallest absolute Gasteiger partial charge is 0.281 e. The molecule has 1 heterocycles. The zero-order valence-corrected chi connectivity index (χ0v) is 19.3. The van der Waals surface area contributed by atoms with E-state index in [1.165, 1.54) is 11.3 Å². The molecule has 0 aliphatic carbocycles. The summed E-state index contributed by atoms with van der Waals surface area (Å²) < 4.78 is 1.98. The van der Waals surface area contributed by atoms with Gasteiger partial charge in [-0.3, -0.25) is 9.59 Å². The quantitative estimate of drug-likeness (QED) is 0.590. The fourth-order valence-corrected chi connectivity index (χ4v) is 4.01. The summed E-state index contributed by atoms with van der Waals surface area (Å²) in [5, 5.41) is 5.26. The number of halogens is 1. The third-order valence-corrected chi connectivity index (χ3v) is 6.01. The molecule has 0 atom stereocenters. The van der Waals surface area contributed by atoms with Crippen LogP contribution >= 0.6 is 22.9 Å². The summed E-state index contributed by atoms with van der Waals surface area (Å²) in [7, 11) is 3.93. The number of aromatic nitrogens is 1. The number of likely N-dealkylation sites (N-methyl/N-ethyl adjacent to an activating group) is 1. The van der Waals surface area contributed by atoms with Crippen LogP contribution in [0.15, 0.2) is 58.9 Å². The molecule has 31 heavy (non-hydrogen) atoms.